The summed E-state index contributed by atoms with van der Waals surface area (Å²) in [4.78, 5) is 8.24. The molecule has 2 N–H and O–H groups in total. The van der Waals surface area contributed by atoms with Crippen molar-refractivity contribution >= 4 is 33.4 Å². The molecule has 0 unspecified atom stereocenters. The third-order valence-corrected chi connectivity index (χ3v) is 3.07. The van der Waals surface area contributed by atoms with Gasteiger partial charge in [-0.15, -0.1) is 0 Å². The number of nitrogens with one attached hydrogen (secondary N) is 2. The lowest BCUT2D eigenvalue weighted by molar-refractivity contribution is 0.581. The number of benzene rings is 1. The van der Waals surface area contributed by atoms with Crippen molar-refractivity contribution in [2.75, 3.05) is 17.2 Å². The Morgan fingerprint density at radius 3 is 2.80 bits per heavy atom. The molecule has 106 valence electrons. The Morgan fingerprint density at radius 2 is 2.05 bits per heavy atom. The standard InChI is InChI=1S/C13H13BrF2N4/c1-2-4-17-13-18-5-3-12(20-13)19-11-6-8(14)9(15)7-10(11)16/h3,5-7H,2,4H2,1H3,(H2,17,18,19,20). The van der Waals surface area contributed by atoms with Crippen LogP contribution in [-0.4, -0.2) is 16.5 Å². The van der Waals surface area contributed by atoms with Crippen LogP contribution in [0, 0.1) is 11.6 Å². The van der Waals surface area contributed by atoms with Crippen LogP contribution in [0.15, 0.2) is 28.9 Å². The Labute approximate surface area is 123 Å². The Bertz CT molecular complexity index is 607. The van der Waals surface area contributed by atoms with Gasteiger partial charge < -0.3 is 10.6 Å². The van der Waals surface area contributed by atoms with Gasteiger partial charge in [-0.2, -0.15) is 4.98 Å². The fraction of sp³-hybridized carbons (Fsp3) is 0.231. The third-order valence-electron chi connectivity index (χ3n) is 2.46. The molecule has 7 heteroatoms. The predicted molar refractivity (Wildman–Crippen MR) is 78.2 cm³/mol. The second-order valence-electron chi connectivity index (χ2n) is 4.06. The molecule has 0 atom stereocenters. The number of aromatic nitrogens is 2. The fourth-order valence-electron chi connectivity index (χ4n) is 1.51. The van der Waals surface area contributed by atoms with Crippen LogP contribution in [0.3, 0.4) is 0 Å². The number of nitrogens with zero attached hydrogens (tertiary/aromatic N) is 2. The van der Waals surface area contributed by atoms with E-state index in [0.717, 1.165) is 19.0 Å². The summed E-state index contributed by atoms with van der Waals surface area (Å²) >= 11 is 3.02. The molecular weight excluding hydrogens is 330 g/mol. The first-order valence-electron chi connectivity index (χ1n) is 6.08. The Kier molecular flexibility index (Phi) is 4.84. The normalized spacial score (nSPS) is 10.4. The van der Waals surface area contributed by atoms with E-state index in [0.29, 0.717) is 11.8 Å². The van der Waals surface area contributed by atoms with E-state index in [1.54, 1.807) is 12.3 Å². The molecule has 0 amide bonds. The first kappa shape index (κ1) is 14.6. The van der Waals surface area contributed by atoms with Crippen molar-refractivity contribution in [2.24, 2.45) is 0 Å². The number of rotatable bonds is 5. The van der Waals surface area contributed by atoms with Gasteiger partial charge in [-0.1, -0.05) is 6.92 Å². The molecule has 0 fully saturated rings. The van der Waals surface area contributed by atoms with Crippen molar-refractivity contribution in [3.63, 3.8) is 0 Å². The zero-order valence-electron chi connectivity index (χ0n) is 10.8. The van der Waals surface area contributed by atoms with Crippen molar-refractivity contribution < 1.29 is 8.78 Å². The second-order valence-corrected chi connectivity index (χ2v) is 4.92. The van der Waals surface area contributed by atoms with Crippen molar-refractivity contribution in [1.82, 2.24) is 9.97 Å². The monoisotopic (exact) mass is 342 g/mol. The molecule has 0 aliphatic rings. The summed E-state index contributed by atoms with van der Waals surface area (Å²) in [5, 5.41) is 5.82. The van der Waals surface area contributed by atoms with Gasteiger partial charge >= 0.3 is 0 Å². The topological polar surface area (TPSA) is 49.8 Å². The van der Waals surface area contributed by atoms with Gasteiger partial charge in [0.15, 0.2) is 0 Å². The Balaban J connectivity index is 2.19. The predicted octanol–water partition coefficient (Wildman–Crippen LogP) is 4.08. The molecule has 1 aromatic carbocycles. The molecule has 0 bridgehead atoms. The molecular formula is C13H13BrF2N4. The van der Waals surface area contributed by atoms with Crippen LogP contribution in [0.4, 0.5) is 26.2 Å². The molecule has 0 radical (unpaired) electrons. The zero-order chi connectivity index (χ0) is 14.5. The summed E-state index contributed by atoms with van der Waals surface area (Å²) < 4.78 is 27.0. The van der Waals surface area contributed by atoms with Crippen LogP contribution in [0.25, 0.3) is 0 Å². The molecule has 2 rings (SSSR count). The maximum atomic E-state index is 13.6. The van der Waals surface area contributed by atoms with Crippen LogP contribution in [0.1, 0.15) is 13.3 Å². The van der Waals surface area contributed by atoms with E-state index in [-0.39, 0.29) is 10.2 Å². The van der Waals surface area contributed by atoms with Gasteiger partial charge in [-0.25, -0.2) is 13.8 Å². The van der Waals surface area contributed by atoms with E-state index in [1.165, 1.54) is 6.07 Å². The Hall–Kier alpha value is -1.76. The average molecular weight is 343 g/mol. The van der Waals surface area contributed by atoms with Gasteiger partial charge in [0.1, 0.15) is 17.5 Å². The lowest BCUT2D eigenvalue weighted by atomic mass is 10.3. The van der Waals surface area contributed by atoms with E-state index in [4.69, 9.17) is 0 Å². The third kappa shape index (κ3) is 3.63. The van der Waals surface area contributed by atoms with Gasteiger partial charge in [0, 0.05) is 18.8 Å². The smallest absolute Gasteiger partial charge is 0.224 e. The summed E-state index contributed by atoms with van der Waals surface area (Å²) in [5.74, 6) is -0.456. The highest BCUT2D eigenvalue weighted by Gasteiger charge is 2.09. The minimum absolute atomic E-state index is 0.137. The van der Waals surface area contributed by atoms with Crippen LogP contribution in [-0.2, 0) is 0 Å². The van der Waals surface area contributed by atoms with Crippen LogP contribution in [0.5, 0.6) is 0 Å². The van der Waals surface area contributed by atoms with E-state index in [1.807, 2.05) is 6.92 Å². The Morgan fingerprint density at radius 1 is 1.25 bits per heavy atom. The highest BCUT2D eigenvalue weighted by Crippen LogP contribution is 2.25. The molecule has 4 nitrogen and oxygen atoms in total. The van der Waals surface area contributed by atoms with Gasteiger partial charge in [-0.3, -0.25) is 0 Å². The maximum absolute atomic E-state index is 13.6. The van der Waals surface area contributed by atoms with Crippen molar-refractivity contribution in [3.8, 4) is 0 Å². The van der Waals surface area contributed by atoms with Crippen LogP contribution < -0.4 is 10.6 Å². The maximum Gasteiger partial charge on any atom is 0.224 e. The number of hydrogen-bond acceptors (Lipinski definition) is 4. The molecule has 0 saturated heterocycles. The molecule has 0 saturated carbocycles. The van der Waals surface area contributed by atoms with E-state index < -0.39 is 11.6 Å². The molecule has 0 spiro atoms. The summed E-state index contributed by atoms with van der Waals surface area (Å²) in [6.07, 6.45) is 2.50. The van der Waals surface area contributed by atoms with Gasteiger partial charge in [0.25, 0.3) is 0 Å². The summed E-state index contributed by atoms with van der Waals surface area (Å²) in [6.45, 7) is 2.78. The molecule has 0 aliphatic carbocycles. The molecule has 20 heavy (non-hydrogen) atoms. The minimum Gasteiger partial charge on any atom is -0.354 e. The fourth-order valence-corrected chi connectivity index (χ4v) is 1.85. The van der Waals surface area contributed by atoms with Crippen molar-refractivity contribution in [1.29, 1.82) is 0 Å². The summed E-state index contributed by atoms with van der Waals surface area (Å²) in [7, 11) is 0. The van der Waals surface area contributed by atoms with Crippen molar-refractivity contribution in [2.45, 2.75) is 13.3 Å². The average Bonchev–Trinajstić information content (AvgIpc) is 2.43. The molecule has 1 heterocycles. The molecule has 2 aromatic rings. The number of anilines is 3. The lowest BCUT2D eigenvalue weighted by Gasteiger charge is -2.09. The van der Waals surface area contributed by atoms with Gasteiger partial charge in [-0.05, 0) is 34.5 Å². The van der Waals surface area contributed by atoms with Crippen LogP contribution >= 0.6 is 15.9 Å². The minimum atomic E-state index is -0.688. The van der Waals surface area contributed by atoms with Gasteiger partial charge in [0.05, 0.1) is 10.2 Å². The summed E-state index contributed by atoms with van der Waals surface area (Å²) in [6, 6.07) is 3.74. The second kappa shape index (κ2) is 6.60. The van der Waals surface area contributed by atoms with E-state index in [9.17, 15) is 8.78 Å². The number of hydrogen-bond donors (Lipinski definition) is 2. The SMILES string of the molecule is CCCNc1nccc(Nc2cc(Br)c(F)cc2F)n1. The highest BCUT2D eigenvalue weighted by molar-refractivity contribution is 9.10. The summed E-state index contributed by atoms with van der Waals surface area (Å²) in [5.41, 5.74) is 0.137. The number of halogens is 3. The molecule has 0 aliphatic heterocycles. The van der Waals surface area contributed by atoms with Crippen molar-refractivity contribution in [3.05, 3.63) is 40.5 Å². The van der Waals surface area contributed by atoms with E-state index in [2.05, 4.69) is 36.5 Å². The van der Waals surface area contributed by atoms with Gasteiger partial charge in [0.2, 0.25) is 5.95 Å². The zero-order valence-corrected chi connectivity index (χ0v) is 12.3. The molecule has 1 aromatic heterocycles. The first-order valence-corrected chi connectivity index (χ1v) is 6.88. The highest BCUT2D eigenvalue weighted by atomic mass is 79.9. The quantitative estimate of drug-likeness (QED) is 0.803. The van der Waals surface area contributed by atoms with E-state index >= 15 is 0 Å². The van der Waals surface area contributed by atoms with Crippen LogP contribution in [0.2, 0.25) is 0 Å². The lowest BCUT2D eigenvalue weighted by Crippen LogP contribution is -2.05. The first-order chi connectivity index (χ1) is 9.60. The largest absolute Gasteiger partial charge is 0.354 e.